The van der Waals surface area contributed by atoms with Crippen LogP contribution in [0.25, 0.3) is 0 Å². The van der Waals surface area contributed by atoms with Crippen LogP contribution in [-0.2, 0) is 4.74 Å². The van der Waals surface area contributed by atoms with E-state index in [4.69, 9.17) is 10.5 Å². The van der Waals surface area contributed by atoms with Gasteiger partial charge in [0.1, 0.15) is 0 Å². The van der Waals surface area contributed by atoms with Gasteiger partial charge in [-0.3, -0.25) is 0 Å². The van der Waals surface area contributed by atoms with Crippen molar-refractivity contribution in [2.24, 2.45) is 5.92 Å². The normalized spacial score (nSPS) is 12.2. The largest absolute Gasteiger partial charge is 0.462 e. The number of hydrogen-bond acceptors (Lipinski definition) is 4. The molecule has 0 saturated carbocycles. The van der Waals surface area contributed by atoms with Gasteiger partial charge in [-0.25, -0.2) is 4.79 Å². The molecular weight excluding hydrogens is 246 g/mol. The molecule has 1 unspecified atom stereocenters. The Morgan fingerprint density at radius 1 is 1.44 bits per heavy atom. The van der Waals surface area contributed by atoms with E-state index in [9.17, 15) is 4.79 Å². The van der Waals surface area contributed by atoms with Crippen LogP contribution in [0, 0.1) is 5.92 Å². The first-order valence-electron chi connectivity index (χ1n) is 6.28. The maximum absolute atomic E-state index is 11.7. The average molecular weight is 267 g/mol. The summed E-state index contributed by atoms with van der Waals surface area (Å²) in [6.07, 6.45) is 1.14. The number of benzene rings is 1. The lowest BCUT2D eigenvalue weighted by Gasteiger charge is -2.12. The minimum Gasteiger partial charge on any atom is -0.462 e. The molecule has 100 valence electrons. The fourth-order valence-corrected chi connectivity index (χ4v) is 2.55. The molecule has 0 aliphatic carbocycles. The highest BCUT2D eigenvalue weighted by Crippen LogP contribution is 2.30. The van der Waals surface area contributed by atoms with Crippen LogP contribution in [0.2, 0.25) is 0 Å². The first-order chi connectivity index (χ1) is 8.60. The van der Waals surface area contributed by atoms with Crippen LogP contribution < -0.4 is 5.73 Å². The molecule has 0 aliphatic heterocycles. The fourth-order valence-electron chi connectivity index (χ4n) is 1.41. The number of esters is 1. The first-order valence-corrected chi connectivity index (χ1v) is 7.27. The monoisotopic (exact) mass is 267 g/mol. The summed E-state index contributed by atoms with van der Waals surface area (Å²) in [6.45, 7) is 6.53. The topological polar surface area (TPSA) is 52.3 Å². The highest BCUT2D eigenvalue weighted by Gasteiger charge is 2.14. The van der Waals surface area contributed by atoms with Crippen molar-refractivity contribution in [3.8, 4) is 0 Å². The van der Waals surface area contributed by atoms with E-state index in [0.29, 0.717) is 23.8 Å². The summed E-state index contributed by atoms with van der Waals surface area (Å²) in [5.41, 5.74) is 7.02. The van der Waals surface area contributed by atoms with Gasteiger partial charge in [-0.2, -0.15) is 0 Å². The average Bonchev–Trinajstić information content (AvgIpc) is 2.37. The van der Waals surface area contributed by atoms with Crippen molar-refractivity contribution in [3.63, 3.8) is 0 Å². The third-order valence-electron chi connectivity index (χ3n) is 2.78. The third kappa shape index (κ3) is 3.95. The molecule has 3 nitrogen and oxygen atoms in total. The summed E-state index contributed by atoms with van der Waals surface area (Å²) in [5.74, 6) is 1.30. The van der Waals surface area contributed by atoms with Crippen molar-refractivity contribution >= 4 is 23.4 Å². The van der Waals surface area contributed by atoms with Crippen molar-refractivity contribution in [1.29, 1.82) is 0 Å². The number of carbonyl (C=O) groups is 1. The molecule has 1 aromatic rings. The Kier molecular flexibility index (Phi) is 6.05. The van der Waals surface area contributed by atoms with Crippen LogP contribution >= 0.6 is 11.8 Å². The van der Waals surface area contributed by atoms with Gasteiger partial charge in [0.2, 0.25) is 0 Å². The van der Waals surface area contributed by atoms with Gasteiger partial charge in [-0.15, -0.1) is 11.8 Å². The first kappa shape index (κ1) is 14.9. The molecule has 1 aromatic carbocycles. The number of nitrogens with two attached hydrogens (primary N) is 1. The zero-order valence-electron chi connectivity index (χ0n) is 11.2. The Bertz CT molecular complexity index is 407. The highest BCUT2D eigenvalue weighted by atomic mass is 32.2. The molecular formula is C14H21NO2S. The second-order valence-electron chi connectivity index (χ2n) is 4.26. The Labute approximate surface area is 113 Å². The molecule has 0 saturated heterocycles. The van der Waals surface area contributed by atoms with Crippen LogP contribution in [0.15, 0.2) is 23.1 Å². The lowest BCUT2D eigenvalue weighted by atomic mass is 10.2. The summed E-state index contributed by atoms with van der Waals surface area (Å²) in [4.78, 5) is 12.7. The SMILES string of the molecule is CCOC(=O)c1cccc(SCC(C)CC)c1N. The third-order valence-corrected chi connectivity index (χ3v) is 4.18. The van der Waals surface area contributed by atoms with Gasteiger partial charge in [-0.1, -0.05) is 26.3 Å². The maximum Gasteiger partial charge on any atom is 0.340 e. The van der Waals surface area contributed by atoms with E-state index in [2.05, 4.69) is 13.8 Å². The van der Waals surface area contributed by atoms with E-state index < -0.39 is 0 Å². The second kappa shape index (κ2) is 7.31. The van der Waals surface area contributed by atoms with Crippen LogP contribution in [-0.4, -0.2) is 18.3 Å². The molecule has 0 radical (unpaired) electrons. The number of anilines is 1. The van der Waals surface area contributed by atoms with Gasteiger partial charge >= 0.3 is 5.97 Å². The standard InChI is InChI=1S/C14H21NO2S/c1-4-10(3)9-18-12-8-6-7-11(13(12)15)14(16)17-5-2/h6-8,10H,4-5,9,15H2,1-3H3. The van der Waals surface area contributed by atoms with Gasteiger partial charge in [0, 0.05) is 10.6 Å². The smallest absolute Gasteiger partial charge is 0.340 e. The zero-order chi connectivity index (χ0) is 13.5. The molecule has 1 rings (SSSR count). The number of ether oxygens (including phenoxy) is 1. The van der Waals surface area contributed by atoms with Gasteiger partial charge in [0.05, 0.1) is 17.9 Å². The Hall–Kier alpha value is -1.16. The van der Waals surface area contributed by atoms with Crippen molar-refractivity contribution in [3.05, 3.63) is 23.8 Å². The van der Waals surface area contributed by atoms with Gasteiger partial charge in [0.25, 0.3) is 0 Å². The molecule has 0 heterocycles. The lowest BCUT2D eigenvalue weighted by molar-refractivity contribution is 0.0527. The lowest BCUT2D eigenvalue weighted by Crippen LogP contribution is -2.08. The van der Waals surface area contributed by atoms with Gasteiger partial charge < -0.3 is 10.5 Å². The Morgan fingerprint density at radius 2 is 2.17 bits per heavy atom. The van der Waals surface area contributed by atoms with E-state index in [1.54, 1.807) is 24.8 Å². The molecule has 18 heavy (non-hydrogen) atoms. The molecule has 0 bridgehead atoms. The zero-order valence-corrected chi connectivity index (χ0v) is 12.0. The van der Waals surface area contributed by atoms with E-state index in [-0.39, 0.29) is 5.97 Å². The van der Waals surface area contributed by atoms with Gasteiger partial charge in [0.15, 0.2) is 0 Å². The summed E-state index contributed by atoms with van der Waals surface area (Å²) in [6, 6.07) is 5.51. The molecule has 2 N–H and O–H groups in total. The molecule has 0 spiro atoms. The van der Waals surface area contributed by atoms with Crippen molar-refractivity contribution in [2.75, 3.05) is 18.1 Å². The van der Waals surface area contributed by atoms with E-state index >= 15 is 0 Å². The Balaban J connectivity index is 2.81. The summed E-state index contributed by atoms with van der Waals surface area (Å²) in [7, 11) is 0. The molecule has 1 atom stereocenters. The molecule has 0 amide bonds. The minimum atomic E-state index is -0.346. The quantitative estimate of drug-likeness (QED) is 0.486. The summed E-state index contributed by atoms with van der Waals surface area (Å²) >= 11 is 1.70. The van der Waals surface area contributed by atoms with E-state index in [1.165, 1.54) is 0 Å². The molecule has 4 heteroatoms. The van der Waals surface area contributed by atoms with Crippen LogP contribution in [0.3, 0.4) is 0 Å². The fraction of sp³-hybridized carbons (Fsp3) is 0.500. The second-order valence-corrected chi connectivity index (χ2v) is 5.32. The van der Waals surface area contributed by atoms with Crippen molar-refractivity contribution in [1.82, 2.24) is 0 Å². The number of rotatable bonds is 6. The van der Waals surface area contributed by atoms with Crippen LogP contribution in [0.1, 0.15) is 37.6 Å². The van der Waals surface area contributed by atoms with Crippen LogP contribution in [0.5, 0.6) is 0 Å². The minimum absolute atomic E-state index is 0.346. The number of para-hydroxylation sites is 1. The number of thioether (sulfide) groups is 1. The number of nitrogen functional groups attached to an aromatic ring is 1. The predicted molar refractivity (Wildman–Crippen MR) is 77.0 cm³/mol. The molecule has 0 aliphatic rings. The predicted octanol–water partition coefficient (Wildman–Crippen LogP) is 3.58. The summed E-state index contributed by atoms with van der Waals surface area (Å²) in [5, 5.41) is 0. The molecule has 0 fully saturated rings. The van der Waals surface area contributed by atoms with E-state index in [1.807, 2.05) is 12.1 Å². The van der Waals surface area contributed by atoms with E-state index in [0.717, 1.165) is 17.1 Å². The van der Waals surface area contributed by atoms with Gasteiger partial charge in [-0.05, 0) is 25.0 Å². The van der Waals surface area contributed by atoms with Crippen molar-refractivity contribution in [2.45, 2.75) is 32.1 Å². The number of carbonyl (C=O) groups excluding carboxylic acids is 1. The maximum atomic E-state index is 11.7. The number of hydrogen-bond donors (Lipinski definition) is 1. The van der Waals surface area contributed by atoms with Crippen LogP contribution in [0.4, 0.5) is 5.69 Å². The highest BCUT2D eigenvalue weighted by molar-refractivity contribution is 7.99. The molecule has 0 aromatic heterocycles. The Morgan fingerprint density at radius 3 is 2.78 bits per heavy atom. The summed E-state index contributed by atoms with van der Waals surface area (Å²) < 4.78 is 4.98. The van der Waals surface area contributed by atoms with Crippen molar-refractivity contribution < 1.29 is 9.53 Å².